The van der Waals surface area contributed by atoms with E-state index in [9.17, 15) is 23.1 Å². The molecule has 8 heteroatoms. The Morgan fingerprint density at radius 2 is 1.97 bits per heavy atom. The van der Waals surface area contributed by atoms with Crippen molar-refractivity contribution < 1.29 is 23.0 Å². The maximum Gasteiger partial charge on any atom is 0.268 e. The molecule has 30 heavy (non-hydrogen) atoms. The van der Waals surface area contributed by atoms with Gasteiger partial charge in [-0.05, 0) is 36.1 Å². The fraction of sp³-hybridized carbons (Fsp3) is 0.364. The first kappa shape index (κ1) is 21.8. The second-order valence-electron chi connectivity index (χ2n) is 8.01. The zero-order valence-electron chi connectivity index (χ0n) is 16.9. The summed E-state index contributed by atoms with van der Waals surface area (Å²) >= 11 is 0. The molecular weight excluding hydrogens is 397 g/mol. The van der Waals surface area contributed by atoms with Crippen LogP contribution < -0.4 is 10.2 Å². The monoisotopic (exact) mass is 420 g/mol. The molecule has 0 radical (unpaired) electrons. The van der Waals surface area contributed by atoms with Gasteiger partial charge in [-0.2, -0.15) is 0 Å². The number of halogens is 3. The summed E-state index contributed by atoms with van der Waals surface area (Å²) in [5.74, 6) is -0.184. The van der Waals surface area contributed by atoms with Gasteiger partial charge >= 0.3 is 0 Å². The number of hydrogen-bond acceptors (Lipinski definition) is 4. The fourth-order valence-corrected chi connectivity index (χ4v) is 3.86. The number of benzene rings is 1. The molecule has 0 saturated carbocycles. The Hall–Kier alpha value is -2.87. The van der Waals surface area contributed by atoms with Crippen molar-refractivity contribution in [1.29, 1.82) is 0 Å². The molecule has 0 spiro atoms. The molecule has 0 amide bonds. The molecule has 0 aliphatic carbocycles. The summed E-state index contributed by atoms with van der Waals surface area (Å²) in [5, 5.41) is 11.3. The predicted molar refractivity (Wildman–Crippen MR) is 108 cm³/mol. The van der Waals surface area contributed by atoms with E-state index in [2.05, 4.69) is 4.98 Å². The van der Waals surface area contributed by atoms with Gasteiger partial charge in [0, 0.05) is 30.2 Å². The molecule has 1 aromatic carbocycles. The van der Waals surface area contributed by atoms with E-state index in [1.807, 2.05) is 0 Å². The SMILES string of the molecule is COc1ccc(F)cc1C(C)(C)CC(O)(Cn1ccc(=O)c2cnccc21)C(F)F. The van der Waals surface area contributed by atoms with Crippen molar-refractivity contribution in [2.45, 2.75) is 44.3 Å². The van der Waals surface area contributed by atoms with Gasteiger partial charge in [0.15, 0.2) is 5.43 Å². The third-order valence-corrected chi connectivity index (χ3v) is 5.27. The molecule has 0 bridgehead atoms. The van der Waals surface area contributed by atoms with E-state index < -0.39 is 29.8 Å². The summed E-state index contributed by atoms with van der Waals surface area (Å²) in [6, 6.07) is 6.65. The summed E-state index contributed by atoms with van der Waals surface area (Å²) in [7, 11) is 1.41. The van der Waals surface area contributed by atoms with Gasteiger partial charge in [0.25, 0.3) is 6.43 Å². The first-order chi connectivity index (χ1) is 14.1. The Balaban J connectivity index is 2.03. The first-order valence-corrected chi connectivity index (χ1v) is 9.35. The zero-order chi connectivity index (χ0) is 22.1. The van der Waals surface area contributed by atoms with Crippen molar-refractivity contribution in [1.82, 2.24) is 9.55 Å². The maximum atomic E-state index is 14.1. The summed E-state index contributed by atoms with van der Waals surface area (Å²) in [4.78, 5) is 15.9. The van der Waals surface area contributed by atoms with Gasteiger partial charge < -0.3 is 14.4 Å². The van der Waals surface area contributed by atoms with Crippen LogP contribution >= 0.6 is 0 Å². The van der Waals surface area contributed by atoms with Crippen molar-refractivity contribution in [3.63, 3.8) is 0 Å². The second kappa shape index (κ2) is 8.10. The Morgan fingerprint density at radius 1 is 1.23 bits per heavy atom. The summed E-state index contributed by atoms with van der Waals surface area (Å²) in [5.41, 5.74) is -3.03. The van der Waals surface area contributed by atoms with E-state index in [4.69, 9.17) is 4.74 Å². The molecule has 0 fully saturated rings. The predicted octanol–water partition coefficient (Wildman–Crippen LogP) is 3.91. The Kier molecular flexibility index (Phi) is 5.90. The molecule has 5 nitrogen and oxygen atoms in total. The molecule has 2 aromatic heterocycles. The van der Waals surface area contributed by atoms with Crippen molar-refractivity contribution >= 4 is 10.9 Å². The van der Waals surface area contributed by atoms with Crippen LogP contribution in [0.3, 0.4) is 0 Å². The van der Waals surface area contributed by atoms with Crippen LogP contribution in [0.2, 0.25) is 0 Å². The van der Waals surface area contributed by atoms with Crippen LogP contribution in [0.5, 0.6) is 5.75 Å². The average molecular weight is 420 g/mol. The van der Waals surface area contributed by atoms with Crippen LogP contribution in [0, 0.1) is 5.82 Å². The topological polar surface area (TPSA) is 64.3 Å². The summed E-state index contributed by atoms with van der Waals surface area (Å²) in [6.45, 7) is 2.82. The largest absolute Gasteiger partial charge is 0.496 e. The molecule has 0 aliphatic rings. The molecule has 1 atom stereocenters. The highest BCUT2D eigenvalue weighted by molar-refractivity contribution is 5.77. The first-order valence-electron chi connectivity index (χ1n) is 9.35. The molecule has 1 unspecified atom stereocenters. The van der Waals surface area contributed by atoms with Crippen molar-refractivity contribution in [3.05, 3.63) is 70.5 Å². The Bertz CT molecular complexity index is 1110. The summed E-state index contributed by atoms with van der Waals surface area (Å²) < 4.78 is 48.8. The lowest BCUT2D eigenvalue weighted by Gasteiger charge is -2.37. The van der Waals surface area contributed by atoms with Crippen LogP contribution in [0.1, 0.15) is 25.8 Å². The van der Waals surface area contributed by atoms with E-state index >= 15 is 0 Å². The molecule has 2 heterocycles. The van der Waals surface area contributed by atoms with E-state index in [1.165, 1.54) is 60.6 Å². The third-order valence-electron chi connectivity index (χ3n) is 5.27. The molecule has 0 aliphatic heterocycles. The lowest BCUT2D eigenvalue weighted by Crippen LogP contribution is -2.46. The molecule has 0 saturated heterocycles. The Labute approximate surface area is 171 Å². The van der Waals surface area contributed by atoms with Crippen LogP contribution in [-0.2, 0) is 12.0 Å². The molecule has 3 rings (SSSR count). The zero-order valence-corrected chi connectivity index (χ0v) is 16.9. The third kappa shape index (κ3) is 4.18. The Morgan fingerprint density at radius 3 is 2.63 bits per heavy atom. The van der Waals surface area contributed by atoms with Crippen LogP contribution in [0.15, 0.2) is 53.7 Å². The smallest absolute Gasteiger partial charge is 0.268 e. The van der Waals surface area contributed by atoms with Gasteiger partial charge in [-0.15, -0.1) is 0 Å². The molecule has 1 N–H and O–H groups in total. The molecule has 3 aromatic rings. The number of aliphatic hydroxyl groups is 1. The number of fused-ring (bicyclic) bond motifs is 1. The van der Waals surface area contributed by atoms with Crippen molar-refractivity contribution in [3.8, 4) is 5.75 Å². The number of aromatic nitrogens is 2. The van der Waals surface area contributed by atoms with Crippen LogP contribution in [0.4, 0.5) is 13.2 Å². The van der Waals surface area contributed by atoms with Crippen molar-refractivity contribution in [2.24, 2.45) is 0 Å². The lowest BCUT2D eigenvalue weighted by molar-refractivity contribution is -0.120. The van der Waals surface area contributed by atoms with Gasteiger partial charge in [-0.25, -0.2) is 13.2 Å². The normalized spacial score (nSPS) is 14.1. The molecule has 160 valence electrons. The van der Waals surface area contributed by atoms with E-state index in [0.29, 0.717) is 16.8 Å². The minimum absolute atomic E-state index is 0.266. The second-order valence-corrected chi connectivity index (χ2v) is 8.01. The quantitative estimate of drug-likeness (QED) is 0.630. The summed E-state index contributed by atoms with van der Waals surface area (Å²) in [6.07, 6.45) is 0.704. The molecular formula is C22H23F3N2O3. The van der Waals surface area contributed by atoms with Gasteiger partial charge in [-0.3, -0.25) is 9.78 Å². The number of ether oxygens (including phenoxy) is 1. The van der Waals surface area contributed by atoms with Crippen LogP contribution in [0.25, 0.3) is 10.9 Å². The van der Waals surface area contributed by atoms with Gasteiger partial charge in [0.05, 0.1) is 24.6 Å². The van der Waals surface area contributed by atoms with E-state index in [0.717, 1.165) is 0 Å². The minimum Gasteiger partial charge on any atom is -0.496 e. The highest BCUT2D eigenvalue weighted by Crippen LogP contribution is 2.40. The maximum absolute atomic E-state index is 14.1. The number of pyridine rings is 2. The number of hydrogen-bond donors (Lipinski definition) is 1. The number of alkyl halides is 2. The van der Waals surface area contributed by atoms with E-state index in [1.54, 1.807) is 13.8 Å². The van der Waals surface area contributed by atoms with E-state index in [-0.39, 0.29) is 17.2 Å². The number of nitrogens with zero attached hydrogens (tertiary/aromatic N) is 2. The average Bonchev–Trinajstić information content (AvgIpc) is 2.70. The van der Waals surface area contributed by atoms with Gasteiger partial charge in [-0.1, -0.05) is 13.8 Å². The number of rotatable bonds is 7. The van der Waals surface area contributed by atoms with Crippen molar-refractivity contribution in [2.75, 3.05) is 7.11 Å². The highest BCUT2D eigenvalue weighted by atomic mass is 19.3. The number of methoxy groups -OCH3 is 1. The lowest BCUT2D eigenvalue weighted by atomic mass is 9.74. The van der Waals surface area contributed by atoms with Crippen LogP contribution in [-0.4, -0.2) is 33.8 Å². The fourth-order valence-electron chi connectivity index (χ4n) is 3.86. The van der Waals surface area contributed by atoms with Gasteiger partial charge in [0.1, 0.15) is 17.2 Å². The van der Waals surface area contributed by atoms with Gasteiger partial charge in [0.2, 0.25) is 0 Å². The standard InChI is InChI=1S/C22H23F3N2O3/c1-21(2,16-10-14(23)4-5-19(16)30-3)12-22(29,20(24)25)13-27-9-7-18(28)15-11-26-8-6-17(15)27/h4-11,20,29H,12-13H2,1-3H3. The highest BCUT2D eigenvalue weighted by Gasteiger charge is 2.44. The minimum atomic E-state index is -3.09.